The van der Waals surface area contributed by atoms with Gasteiger partial charge in [0.15, 0.2) is 5.96 Å². The Morgan fingerprint density at radius 2 is 1.75 bits per heavy atom. The third-order valence-electron chi connectivity index (χ3n) is 6.49. The molecule has 6 nitrogen and oxygen atoms in total. The SMILES string of the molecule is CCNC(=NCC(C(C)C)N1CCC(C)CC1)N1CCC(CC(=O)NC)CC1. The number of amides is 1. The number of likely N-dealkylation sites (tertiary alicyclic amines) is 2. The van der Waals surface area contributed by atoms with Crippen LogP contribution < -0.4 is 10.6 Å². The van der Waals surface area contributed by atoms with E-state index in [9.17, 15) is 4.79 Å². The van der Waals surface area contributed by atoms with Crippen LogP contribution in [-0.2, 0) is 4.79 Å². The lowest BCUT2D eigenvalue weighted by Gasteiger charge is -2.39. The van der Waals surface area contributed by atoms with Crippen LogP contribution >= 0.6 is 0 Å². The summed E-state index contributed by atoms with van der Waals surface area (Å²) in [5.74, 6) is 3.18. The predicted molar refractivity (Wildman–Crippen MR) is 118 cm³/mol. The van der Waals surface area contributed by atoms with E-state index in [1.165, 1.54) is 25.9 Å². The standard InChI is InChI=1S/C22H43N5O/c1-6-24-22(27-13-9-19(10-14-27)15-21(28)23-5)25-16-20(17(2)3)26-11-7-18(4)8-12-26/h17-20H,6-16H2,1-5H3,(H,23,28)(H,24,25). The summed E-state index contributed by atoms with van der Waals surface area (Å²) in [6.07, 6.45) is 5.41. The van der Waals surface area contributed by atoms with Gasteiger partial charge in [0, 0.05) is 39.1 Å². The lowest BCUT2D eigenvalue weighted by molar-refractivity contribution is -0.121. The average molecular weight is 394 g/mol. The quantitative estimate of drug-likeness (QED) is 0.515. The minimum atomic E-state index is 0.162. The highest BCUT2D eigenvalue weighted by Crippen LogP contribution is 2.23. The predicted octanol–water partition coefficient (Wildman–Crippen LogP) is 2.56. The summed E-state index contributed by atoms with van der Waals surface area (Å²) < 4.78 is 0. The van der Waals surface area contributed by atoms with Crippen LogP contribution in [0.25, 0.3) is 0 Å². The number of nitrogens with zero attached hydrogens (tertiary/aromatic N) is 3. The highest BCUT2D eigenvalue weighted by atomic mass is 16.1. The normalized spacial score (nSPS) is 21.8. The molecule has 2 aliphatic rings. The molecule has 0 bridgehead atoms. The molecule has 2 aliphatic heterocycles. The second-order valence-electron chi connectivity index (χ2n) is 9.03. The first-order chi connectivity index (χ1) is 13.4. The minimum absolute atomic E-state index is 0.162. The molecule has 0 aromatic rings. The van der Waals surface area contributed by atoms with Crippen molar-refractivity contribution in [3.63, 3.8) is 0 Å². The van der Waals surface area contributed by atoms with Crippen molar-refractivity contribution < 1.29 is 4.79 Å². The summed E-state index contributed by atoms with van der Waals surface area (Å²) >= 11 is 0. The molecule has 0 aliphatic carbocycles. The van der Waals surface area contributed by atoms with Gasteiger partial charge in [0.2, 0.25) is 5.91 Å². The molecule has 0 saturated carbocycles. The largest absolute Gasteiger partial charge is 0.359 e. The fourth-order valence-electron chi connectivity index (χ4n) is 4.43. The monoisotopic (exact) mass is 393 g/mol. The van der Waals surface area contributed by atoms with Crippen LogP contribution in [0.5, 0.6) is 0 Å². The molecule has 6 heteroatoms. The first kappa shape index (κ1) is 23.0. The number of rotatable bonds is 7. The van der Waals surface area contributed by atoms with Gasteiger partial charge in [-0.15, -0.1) is 0 Å². The van der Waals surface area contributed by atoms with Gasteiger partial charge in [0.1, 0.15) is 0 Å². The highest BCUT2D eigenvalue weighted by Gasteiger charge is 2.27. The lowest BCUT2D eigenvalue weighted by atomic mass is 9.93. The molecule has 0 spiro atoms. The Hall–Kier alpha value is -1.30. The average Bonchev–Trinajstić information content (AvgIpc) is 2.69. The van der Waals surface area contributed by atoms with E-state index in [4.69, 9.17) is 4.99 Å². The van der Waals surface area contributed by atoms with E-state index in [1.54, 1.807) is 7.05 Å². The van der Waals surface area contributed by atoms with Crippen LogP contribution in [0.2, 0.25) is 0 Å². The van der Waals surface area contributed by atoms with E-state index < -0.39 is 0 Å². The Balaban J connectivity index is 1.94. The lowest BCUT2D eigenvalue weighted by Crippen LogP contribution is -2.48. The van der Waals surface area contributed by atoms with Crippen molar-refractivity contribution in [2.24, 2.45) is 22.7 Å². The molecule has 0 radical (unpaired) electrons. The molecule has 2 rings (SSSR count). The summed E-state index contributed by atoms with van der Waals surface area (Å²) in [6.45, 7) is 15.3. The smallest absolute Gasteiger partial charge is 0.220 e. The molecule has 2 heterocycles. The Kier molecular flexibility index (Phi) is 9.56. The first-order valence-corrected chi connectivity index (χ1v) is 11.4. The van der Waals surface area contributed by atoms with Gasteiger partial charge in [-0.3, -0.25) is 14.7 Å². The van der Waals surface area contributed by atoms with Crippen LogP contribution in [0.3, 0.4) is 0 Å². The maximum Gasteiger partial charge on any atom is 0.220 e. The second-order valence-corrected chi connectivity index (χ2v) is 9.03. The maximum atomic E-state index is 11.6. The van der Waals surface area contributed by atoms with Crippen molar-refractivity contribution in [3.05, 3.63) is 0 Å². The van der Waals surface area contributed by atoms with Gasteiger partial charge in [-0.2, -0.15) is 0 Å². The van der Waals surface area contributed by atoms with Gasteiger partial charge in [0.05, 0.1) is 6.54 Å². The number of aliphatic imine (C=N–C) groups is 1. The van der Waals surface area contributed by atoms with Crippen LogP contribution in [0.1, 0.15) is 59.8 Å². The summed E-state index contributed by atoms with van der Waals surface area (Å²) in [6, 6.07) is 0.520. The molecular formula is C22H43N5O. The van der Waals surface area contributed by atoms with E-state index in [1.807, 2.05) is 0 Å². The van der Waals surface area contributed by atoms with Gasteiger partial charge in [0.25, 0.3) is 0 Å². The number of piperidine rings is 2. The second kappa shape index (κ2) is 11.6. The van der Waals surface area contributed by atoms with E-state index in [2.05, 4.69) is 48.1 Å². The molecule has 1 unspecified atom stereocenters. The van der Waals surface area contributed by atoms with Crippen LogP contribution in [0.4, 0.5) is 0 Å². The molecule has 162 valence electrons. The Labute approximate surface area is 172 Å². The van der Waals surface area contributed by atoms with Gasteiger partial charge >= 0.3 is 0 Å². The molecule has 1 amide bonds. The van der Waals surface area contributed by atoms with E-state index >= 15 is 0 Å². The van der Waals surface area contributed by atoms with Gasteiger partial charge in [-0.1, -0.05) is 20.8 Å². The van der Waals surface area contributed by atoms with Crippen molar-refractivity contribution in [1.29, 1.82) is 0 Å². The molecule has 2 fully saturated rings. The first-order valence-electron chi connectivity index (χ1n) is 11.4. The Bertz CT molecular complexity index is 491. The topological polar surface area (TPSA) is 60.0 Å². The molecule has 1 atom stereocenters. The molecule has 2 saturated heterocycles. The molecule has 0 aromatic heterocycles. The summed E-state index contributed by atoms with van der Waals surface area (Å²) in [7, 11) is 1.72. The van der Waals surface area contributed by atoms with Gasteiger partial charge in [-0.25, -0.2) is 0 Å². The zero-order valence-corrected chi connectivity index (χ0v) is 18.8. The van der Waals surface area contributed by atoms with Crippen molar-refractivity contribution in [2.75, 3.05) is 46.3 Å². The fraction of sp³-hybridized carbons (Fsp3) is 0.909. The number of guanidine groups is 1. The molecule has 2 N–H and O–H groups in total. The summed E-state index contributed by atoms with van der Waals surface area (Å²) in [5.41, 5.74) is 0. The highest BCUT2D eigenvalue weighted by molar-refractivity contribution is 5.80. The molecule has 28 heavy (non-hydrogen) atoms. The zero-order chi connectivity index (χ0) is 20.5. The van der Waals surface area contributed by atoms with Crippen molar-refractivity contribution >= 4 is 11.9 Å². The number of hydrogen-bond acceptors (Lipinski definition) is 3. The third-order valence-corrected chi connectivity index (χ3v) is 6.49. The van der Waals surface area contributed by atoms with Crippen molar-refractivity contribution in [2.45, 2.75) is 65.8 Å². The van der Waals surface area contributed by atoms with Crippen molar-refractivity contribution in [1.82, 2.24) is 20.4 Å². The van der Waals surface area contributed by atoms with Gasteiger partial charge < -0.3 is 15.5 Å². The van der Waals surface area contributed by atoms with E-state index in [-0.39, 0.29) is 5.91 Å². The number of hydrogen-bond donors (Lipinski definition) is 2. The number of carbonyl (C=O) groups is 1. The molecular weight excluding hydrogens is 350 g/mol. The van der Waals surface area contributed by atoms with Crippen LogP contribution in [0.15, 0.2) is 4.99 Å². The van der Waals surface area contributed by atoms with Gasteiger partial charge in [-0.05, 0) is 63.5 Å². The third kappa shape index (κ3) is 6.94. The van der Waals surface area contributed by atoms with Crippen molar-refractivity contribution in [3.8, 4) is 0 Å². The van der Waals surface area contributed by atoms with Crippen LogP contribution in [0, 0.1) is 17.8 Å². The maximum absolute atomic E-state index is 11.6. The summed E-state index contributed by atoms with van der Waals surface area (Å²) in [4.78, 5) is 21.8. The van der Waals surface area contributed by atoms with E-state index in [0.29, 0.717) is 24.3 Å². The zero-order valence-electron chi connectivity index (χ0n) is 18.8. The molecule has 0 aromatic carbocycles. The Morgan fingerprint density at radius 3 is 2.29 bits per heavy atom. The van der Waals surface area contributed by atoms with E-state index in [0.717, 1.165) is 50.9 Å². The Morgan fingerprint density at radius 1 is 1.11 bits per heavy atom. The summed E-state index contributed by atoms with van der Waals surface area (Å²) in [5, 5.41) is 6.25. The number of carbonyl (C=O) groups excluding carboxylic acids is 1. The fourth-order valence-corrected chi connectivity index (χ4v) is 4.43. The number of nitrogens with one attached hydrogen (secondary N) is 2. The minimum Gasteiger partial charge on any atom is -0.359 e. The van der Waals surface area contributed by atoms with Crippen LogP contribution in [-0.4, -0.2) is 74.0 Å².